The summed E-state index contributed by atoms with van der Waals surface area (Å²) in [5, 5.41) is 20.4. The summed E-state index contributed by atoms with van der Waals surface area (Å²) >= 11 is 1.76. The predicted molar refractivity (Wildman–Crippen MR) is 82.5 cm³/mol. The second-order valence-electron chi connectivity index (χ2n) is 6.47. The Morgan fingerprint density at radius 3 is 1.42 bits per heavy atom. The summed E-state index contributed by atoms with van der Waals surface area (Å²) in [4.78, 5) is 0. The average molecular weight is 286 g/mol. The molecular formula is C16H30O2S. The van der Waals surface area contributed by atoms with Crippen molar-refractivity contribution in [3.05, 3.63) is 0 Å². The maximum atomic E-state index is 10.2. The van der Waals surface area contributed by atoms with Crippen molar-refractivity contribution in [2.75, 3.05) is 11.5 Å². The number of thioether (sulfide) groups is 1. The van der Waals surface area contributed by atoms with Crippen molar-refractivity contribution in [3.63, 3.8) is 0 Å². The van der Waals surface area contributed by atoms with Crippen LogP contribution in [0.2, 0.25) is 0 Å². The molecule has 0 bridgehead atoms. The first-order valence-corrected chi connectivity index (χ1v) is 9.36. The quantitative estimate of drug-likeness (QED) is 0.784. The lowest BCUT2D eigenvalue weighted by Gasteiger charge is -2.28. The molecule has 0 aromatic heterocycles. The monoisotopic (exact) mass is 286 g/mol. The van der Waals surface area contributed by atoms with Gasteiger partial charge in [0, 0.05) is 11.5 Å². The third-order valence-electron chi connectivity index (χ3n) is 4.97. The van der Waals surface area contributed by atoms with Crippen LogP contribution in [0.25, 0.3) is 0 Å². The van der Waals surface area contributed by atoms with E-state index in [1.807, 2.05) is 0 Å². The minimum Gasteiger partial charge on any atom is -0.392 e. The molecule has 0 spiro atoms. The molecule has 19 heavy (non-hydrogen) atoms. The number of rotatable bonds is 6. The lowest BCUT2D eigenvalue weighted by molar-refractivity contribution is 0.101. The summed E-state index contributed by atoms with van der Waals surface area (Å²) in [5.41, 5.74) is 0. The molecule has 2 N–H and O–H groups in total. The van der Waals surface area contributed by atoms with Gasteiger partial charge in [0.2, 0.25) is 0 Å². The summed E-state index contributed by atoms with van der Waals surface area (Å²) in [6, 6.07) is 0. The predicted octanol–water partition coefficient (Wildman–Crippen LogP) is 3.60. The molecule has 2 unspecified atom stereocenters. The van der Waals surface area contributed by atoms with Gasteiger partial charge in [-0.2, -0.15) is 11.8 Å². The van der Waals surface area contributed by atoms with E-state index in [1.54, 1.807) is 11.8 Å². The summed E-state index contributed by atoms with van der Waals surface area (Å²) in [6.07, 6.45) is 12.3. The Morgan fingerprint density at radius 1 is 0.684 bits per heavy atom. The largest absolute Gasteiger partial charge is 0.392 e. The van der Waals surface area contributed by atoms with Gasteiger partial charge in [-0.15, -0.1) is 0 Å². The van der Waals surface area contributed by atoms with Crippen LogP contribution >= 0.6 is 11.8 Å². The van der Waals surface area contributed by atoms with E-state index in [2.05, 4.69) is 0 Å². The smallest absolute Gasteiger partial charge is 0.0658 e. The van der Waals surface area contributed by atoms with E-state index in [0.29, 0.717) is 11.8 Å². The first-order chi connectivity index (χ1) is 9.27. The summed E-state index contributed by atoms with van der Waals surface area (Å²) < 4.78 is 0. The molecule has 0 aromatic carbocycles. The lowest BCUT2D eigenvalue weighted by Crippen LogP contribution is -2.28. The molecule has 3 heteroatoms. The Morgan fingerprint density at radius 2 is 1.05 bits per heavy atom. The van der Waals surface area contributed by atoms with Gasteiger partial charge >= 0.3 is 0 Å². The number of hydrogen-bond donors (Lipinski definition) is 2. The number of aliphatic hydroxyl groups is 2. The van der Waals surface area contributed by atoms with Gasteiger partial charge in [-0.05, 0) is 37.5 Å². The third kappa shape index (κ3) is 5.28. The molecule has 0 amide bonds. The summed E-state index contributed by atoms with van der Waals surface area (Å²) in [5.74, 6) is 2.67. The number of aliphatic hydroxyl groups excluding tert-OH is 2. The minimum atomic E-state index is -0.149. The minimum absolute atomic E-state index is 0.149. The van der Waals surface area contributed by atoms with Crippen LogP contribution < -0.4 is 0 Å². The Kier molecular flexibility index (Phi) is 7.03. The zero-order valence-electron chi connectivity index (χ0n) is 12.1. The van der Waals surface area contributed by atoms with Crippen molar-refractivity contribution in [1.29, 1.82) is 0 Å². The van der Waals surface area contributed by atoms with E-state index < -0.39 is 0 Å². The van der Waals surface area contributed by atoms with Crippen LogP contribution in [0.5, 0.6) is 0 Å². The molecule has 0 aliphatic heterocycles. The second kappa shape index (κ2) is 8.53. The van der Waals surface area contributed by atoms with Crippen molar-refractivity contribution in [1.82, 2.24) is 0 Å². The molecule has 0 aromatic rings. The van der Waals surface area contributed by atoms with Crippen molar-refractivity contribution in [2.45, 2.75) is 76.4 Å². The molecule has 0 radical (unpaired) electrons. The SMILES string of the molecule is OC(CSCC(O)C1CCCCC1)C1CCCCC1. The average Bonchev–Trinajstić information content (AvgIpc) is 2.49. The van der Waals surface area contributed by atoms with Gasteiger partial charge in [-0.3, -0.25) is 0 Å². The molecular weight excluding hydrogens is 256 g/mol. The van der Waals surface area contributed by atoms with Crippen LogP contribution in [0.3, 0.4) is 0 Å². The van der Waals surface area contributed by atoms with Crippen molar-refractivity contribution < 1.29 is 10.2 Å². The number of hydrogen-bond acceptors (Lipinski definition) is 3. The third-order valence-corrected chi connectivity index (χ3v) is 6.12. The van der Waals surface area contributed by atoms with E-state index in [9.17, 15) is 10.2 Å². The zero-order chi connectivity index (χ0) is 13.5. The fourth-order valence-electron chi connectivity index (χ4n) is 3.62. The molecule has 2 fully saturated rings. The highest BCUT2D eigenvalue weighted by Crippen LogP contribution is 2.30. The van der Waals surface area contributed by atoms with E-state index in [0.717, 1.165) is 11.5 Å². The van der Waals surface area contributed by atoms with Crippen molar-refractivity contribution >= 4 is 11.8 Å². The molecule has 2 saturated carbocycles. The molecule has 2 aliphatic carbocycles. The molecule has 2 atom stereocenters. The van der Waals surface area contributed by atoms with Gasteiger partial charge < -0.3 is 10.2 Å². The standard InChI is InChI=1S/C16H30O2S/c17-15(13-7-3-1-4-8-13)11-19-12-16(18)14-9-5-2-6-10-14/h13-18H,1-12H2. The Balaban J connectivity index is 1.59. The van der Waals surface area contributed by atoms with Crippen LogP contribution in [-0.4, -0.2) is 33.9 Å². The Bertz CT molecular complexity index is 211. The van der Waals surface area contributed by atoms with E-state index >= 15 is 0 Å². The molecule has 0 heterocycles. The maximum Gasteiger partial charge on any atom is 0.0658 e. The van der Waals surface area contributed by atoms with Crippen LogP contribution in [0.1, 0.15) is 64.2 Å². The summed E-state index contributed by atoms with van der Waals surface area (Å²) in [7, 11) is 0. The normalized spacial score (nSPS) is 26.2. The van der Waals surface area contributed by atoms with Gasteiger partial charge in [0.15, 0.2) is 0 Å². The first-order valence-electron chi connectivity index (χ1n) is 8.21. The van der Waals surface area contributed by atoms with Crippen LogP contribution in [-0.2, 0) is 0 Å². The molecule has 112 valence electrons. The van der Waals surface area contributed by atoms with Gasteiger partial charge in [-0.25, -0.2) is 0 Å². The summed E-state index contributed by atoms with van der Waals surface area (Å²) in [6.45, 7) is 0. The van der Waals surface area contributed by atoms with Gasteiger partial charge in [0.1, 0.15) is 0 Å². The highest BCUT2D eigenvalue weighted by atomic mass is 32.2. The van der Waals surface area contributed by atoms with Gasteiger partial charge in [-0.1, -0.05) is 38.5 Å². The maximum absolute atomic E-state index is 10.2. The van der Waals surface area contributed by atoms with E-state index in [1.165, 1.54) is 64.2 Å². The highest BCUT2D eigenvalue weighted by Gasteiger charge is 2.24. The fourth-order valence-corrected chi connectivity index (χ4v) is 4.78. The first kappa shape index (κ1) is 15.7. The zero-order valence-corrected chi connectivity index (χ0v) is 12.9. The van der Waals surface area contributed by atoms with Gasteiger partial charge in [0.05, 0.1) is 12.2 Å². The Hall–Kier alpha value is 0.270. The molecule has 2 aliphatic rings. The van der Waals surface area contributed by atoms with Crippen molar-refractivity contribution in [2.24, 2.45) is 11.8 Å². The lowest BCUT2D eigenvalue weighted by atomic mass is 9.86. The molecule has 0 saturated heterocycles. The van der Waals surface area contributed by atoms with Crippen LogP contribution in [0, 0.1) is 11.8 Å². The molecule has 2 rings (SSSR count). The fraction of sp³-hybridized carbons (Fsp3) is 1.00. The van der Waals surface area contributed by atoms with Crippen molar-refractivity contribution in [3.8, 4) is 0 Å². The topological polar surface area (TPSA) is 40.5 Å². The highest BCUT2D eigenvalue weighted by molar-refractivity contribution is 7.99. The van der Waals surface area contributed by atoms with E-state index in [4.69, 9.17) is 0 Å². The molecule has 2 nitrogen and oxygen atoms in total. The van der Waals surface area contributed by atoms with Crippen LogP contribution in [0.15, 0.2) is 0 Å². The Labute approximate surface area is 122 Å². The van der Waals surface area contributed by atoms with E-state index in [-0.39, 0.29) is 12.2 Å². The second-order valence-corrected chi connectivity index (χ2v) is 7.54. The van der Waals surface area contributed by atoms with Gasteiger partial charge in [0.25, 0.3) is 0 Å². The van der Waals surface area contributed by atoms with Crippen LogP contribution in [0.4, 0.5) is 0 Å².